The smallest absolute Gasteiger partial charge is 0.274 e. The quantitative estimate of drug-likeness (QED) is 0.565. The fourth-order valence-electron chi connectivity index (χ4n) is 3.06. The number of aromatic nitrogens is 6. The summed E-state index contributed by atoms with van der Waals surface area (Å²) in [6.45, 7) is 1.50. The zero-order chi connectivity index (χ0) is 19.7. The number of hydrogen-bond donors (Lipinski definition) is 0. The number of aryl methyl sites for hydroxylation is 1. The van der Waals surface area contributed by atoms with E-state index in [1.807, 2.05) is 12.3 Å². The third-order valence-corrected chi connectivity index (χ3v) is 6.41. The molecule has 1 saturated heterocycles. The molecule has 0 unspecified atom stereocenters. The Hall–Kier alpha value is -2.99. The number of carbonyl (C=O) groups is 1. The molecule has 28 heavy (non-hydrogen) atoms. The van der Waals surface area contributed by atoms with Crippen LogP contribution in [0.15, 0.2) is 48.0 Å². The second-order valence-corrected chi connectivity index (χ2v) is 8.41. The van der Waals surface area contributed by atoms with Crippen molar-refractivity contribution in [3.05, 3.63) is 48.8 Å². The maximum absolute atomic E-state index is 12.7. The van der Waals surface area contributed by atoms with Crippen LogP contribution in [0.1, 0.15) is 10.5 Å². The molecule has 3 aromatic rings. The van der Waals surface area contributed by atoms with Gasteiger partial charge in [-0.3, -0.25) is 18.8 Å². The Morgan fingerprint density at radius 3 is 2.54 bits per heavy atom. The monoisotopic (exact) mass is 404 g/mol. The topological polar surface area (TPSA) is 111 Å². The van der Waals surface area contributed by atoms with Crippen LogP contribution in [0.25, 0.3) is 0 Å². The van der Waals surface area contributed by atoms with Crippen LogP contribution in [0.5, 0.6) is 0 Å². The molecule has 0 bridgehead atoms. The minimum absolute atomic E-state index is 0.159. The molecule has 1 fully saturated rings. The summed E-state index contributed by atoms with van der Waals surface area (Å²) in [5, 5.41) is 12.3. The lowest BCUT2D eigenvalue weighted by molar-refractivity contribution is 0.0691. The van der Waals surface area contributed by atoms with Crippen LogP contribution in [0, 0.1) is 0 Å². The van der Waals surface area contributed by atoms with E-state index < -0.39 is 10.0 Å². The molecule has 0 aliphatic carbocycles. The highest BCUT2D eigenvalue weighted by Crippen LogP contribution is 2.17. The number of hydrogen-bond acceptors (Lipinski definition) is 6. The van der Waals surface area contributed by atoms with Crippen LogP contribution in [-0.4, -0.2) is 79.1 Å². The molecule has 12 heteroatoms. The van der Waals surface area contributed by atoms with Gasteiger partial charge in [0, 0.05) is 58.0 Å². The van der Waals surface area contributed by atoms with Gasteiger partial charge in [-0.25, -0.2) is 8.42 Å². The third-order valence-electron chi connectivity index (χ3n) is 4.55. The standard InChI is InChI=1S/C16H20N8O3S/c1-20-12-14(11-18-20)28(26,27)24-9-7-21(8-10-24)16(25)15-3-6-23(19-15)13-22-5-2-4-17-22/h2-6,11-12H,7-10,13H2,1H3. The molecule has 4 rings (SSSR count). The summed E-state index contributed by atoms with van der Waals surface area (Å²) in [5.41, 5.74) is 0.329. The van der Waals surface area contributed by atoms with Crippen LogP contribution in [0.3, 0.4) is 0 Å². The van der Waals surface area contributed by atoms with Gasteiger partial charge in [0.15, 0.2) is 0 Å². The van der Waals surface area contributed by atoms with E-state index in [-0.39, 0.29) is 23.9 Å². The molecule has 3 aromatic heterocycles. The lowest BCUT2D eigenvalue weighted by Crippen LogP contribution is -2.50. The molecule has 0 N–H and O–H groups in total. The van der Waals surface area contributed by atoms with Crippen molar-refractivity contribution >= 4 is 15.9 Å². The van der Waals surface area contributed by atoms with Crippen molar-refractivity contribution in [1.29, 1.82) is 0 Å². The molecular weight excluding hydrogens is 384 g/mol. The van der Waals surface area contributed by atoms with E-state index in [0.29, 0.717) is 25.5 Å². The fourth-order valence-corrected chi connectivity index (χ4v) is 4.47. The van der Waals surface area contributed by atoms with E-state index in [1.165, 1.54) is 21.4 Å². The molecule has 1 aliphatic heterocycles. The molecule has 1 aliphatic rings. The summed E-state index contributed by atoms with van der Waals surface area (Å²) in [7, 11) is -1.93. The Labute approximate surface area is 161 Å². The van der Waals surface area contributed by atoms with Gasteiger partial charge in [-0.2, -0.15) is 19.6 Å². The number of rotatable bonds is 5. The van der Waals surface area contributed by atoms with Gasteiger partial charge in [0.1, 0.15) is 17.3 Å². The highest BCUT2D eigenvalue weighted by molar-refractivity contribution is 7.89. The van der Waals surface area contributed by atoms with Gasteiger partial charge in [0.2, 0.25) is 10.0 Å². The normalized spacial score (nSPS) is 15.8. The van der Waals surface area contributed by atoms with E-state index in [2.05, 4.69) is 15.3 Å². The van der Waals surface area contributed by atoms with Crippen LogP contribution >= 0.6 is 0 Å². The second kappa shape index (κ2) is 7.20. The highest BCUT2D eigenvalue weighted by atomic mass is 32.2. The van der Waals surface area contributed by atoms with Gasteiger partial charge in [-0.15, -0.1) is 0 Å². The van der Waals surface area contributed by atoms with Crippen LogP contribution in [0.2, 0.25) is 0 Å². The van der Waals surface area contributed by atoms with E-state index >= 15 is 0 Å². The first-order chi connectivity index (χ1) is 13.4. The first-order valence-corrected chi connectivity index (χ1v) is 10.2. The number of nitrogens with zero attached hydrogens (tertiary/aromatic N) is 8. The molecule has 0 radical (unpaired) electrons. The van der Waals surface area contributed by atoms with E-state index in [4.69, 9.17) is 0 Å². The molecule has 0 spiro atoms. The Balaban J connectivity index is 1.38. The fraction of sp³-hybridized carbons (Fsp3) is 0.375. The summed E-state index contributed by atoms with van der Waals surface area (Å²) in [6.07, 6.45) is 8.01. The SMILES string of the molecule is Cn1cc(S(=O)(=O)N2CCN(C(=O)c3ccn(Cn4cccn4)n3)CC2)cn1. The third kappa shape index (κ3) is 3.55. The van der Waals surface area contributed by atoms with E-state index in [9.17, 15) is 13.2 Å². The average molecular weight is 404 g/mol. The maximum Gasteiger partial charge on any atom is 0.274 e. The largest absolute Gasteiger partial charge is 0.335 e. The molecule has 0 saturated carbocycles. The van der Waals surface area contributed by atoms with Gasteiger partial charge in [-0.05, 0) is 12.1 Å². The molecule has 11 nitrogen and oxygen atoms in total. The minimum atomic E-state index is -3.60. The predicted molar refractivity (Wildman–Crippen MR) is 97.7 cm³/mol. The predicted octanol–water partition coefficient (Wildman–Crippen LogP) is -0.534. The van der Waals surface area contributed by atoms with Crippen molar-refractivity contribution in [1.82, 2.24) is 38.5 Å². The summed E-state index contributed by atoms with van der Waals surface area (Å²) in [6, 6.07) is 3.47. The number of amides is 1. The second-order valence-electron chi connectivity index (χ2n) is 6.47. The lowest BCUT2D eigenvalue weighted by Gasteiger charge is -2.33. The molecule has 1 amide bonds. The summed E-state index contributed by atoms with van der Waals surface area (Å²) >= 11 is 0. The Bertz CT molecular complexity index is 1060. The lowest BCUT2D eigenvalue weighted by atomic mass is 10.3. The van der Waals surface area contributed by atoms with Crippen molar-refractivity contribution in [2.24, 2.45) is 7.05 Å². The number of sulfonamides is 1. The van der Waals surface area contributed by atoms with Crippen molar-refractivity contribution < 1.29 is 13.2 Å². The van der Waals surface area contributed by atoms with Crippen molar-refractivity contribution in [3.8, 4) is 0 Å². The van der Waals surface area contributed by atoms with Gasteiger partial charge in [0.05, 0.1) is 6.20 Å². The average Bonchev–Trinajstić information content (AvgIpc) is 3.44. The Kier molecular flexibility index (Phi) is 4.73. The highest BCUT2D eigenvalue weighted by Gasteiger charge is 2.31. The van der Waals surface area contributed by atoms with Gasteiger partial charge in [0.25, 0.3) is 5.91 Å². The maximum atomic E-state index is 12.7. The first kappa shape index (κ1) is 18.4. The van der Waals surface area contributed by atoms with Crippen molar-refractivity contribution in [3.63, 3.8) is 0 Å². The number of carbonyl (C=O) groups excluding carboxylic acids is 1. The number of piperazine rings is 1. The van der Waals surface area contributed by atoms with Crippen LogP contribution < -0.4 is 0 Å². The summed E-state index contributed by atoms with van der Waals surface area (Å²) < 4.78 is 31.4. The molecule has 4 heterocycles. The molecule has 0 aromatic carbocycles. The van der Waals surface area contributed by atoms with E-state index in [1.54, 1.807) is 39.8 Å². The van der Waals surface area contributed by atoms with Crippen LogP contribution in [-0.2, 0) is 23.7 Å². The van der Waals surface area contributed by atoms with Crippen molar-refractivity contribution in [2.75, 3.05) is 26.2 Å². The molecule has 148 valence electrons. The summed E-state index contributed by atoms with van der Waals surface area (Å²) in [4.78, 5) is 14.5. The summed E-state index contributed by atoms with van der Waals surface area (Å²) in [5.74, 6) is -0.211. The van der Waals surface area contributed by atoms with Gasteiger partial charge >= 0.3 is 0 Å². The first-order valence-electron chi connectivity index (χ1n) is 8.72. The molecular formula is C16H20N8O3S. The Morgan fingerprint density at radius 1 is 1.11 bits per heavy atom. The minimum Gasteiger partial charge on any atom is -0.335 e. The Morgan fingerprint density at radius 2 is 1.89 bits per heavy atom. The van der Waals surface area contributed by atoms with Crippen molar-refractivity contribution in [2.45, 2.75) is 11.6 Å². The van der Waals surface area contributed by atoms with E-state index in [0.717, 1.165) is 0 Å². The van der Waals surface area contributed by atoms with Gasteiger partial charge in [-0.1, -0.05) is 0 Å². The van der Waals surface area contributed by atoms with Gasteiger partial charge < -0.3 is 4.90 Å². The zero-order valence-electron chi connectivity index (χ0n) is 15.3. The van der Waals surface area contributed by atoms with Crippen LogP contribution in [0.4, 0.5) is 0 Å². The zero-order valence-corrected chi connectivity index (χ0v) is 16.1. The molecule has 0 atom stereocenters.